The summed E-state index contributed by atoms with van der Waals surface area (Å²) in [7, 11) is 0.883. The highest BCUT2D eigenvalue weighted by atomic mass is 28.3. The SMILES string of the molecule is CNN[Si](C)(C)C. The van der Waals surface area contributed by atoms with Gasteiger partial charge in [-0.1, -0.05) is 19.6 Å². The summed E-state index contributed by atoms with van der Waals surface area (Å²) >= 11 is 0. The second kappa shape index (κ2) is 2.45. The largest absolute Gasteiger partial charge is 0.280 e. The van der Waals surface area contributed by atoms with Gasteiger partial charge in [-0.05, 0) is 7.05 Å². The second-order valence-electron chi connectivity index (χ2n) is 2.62. The maximum absolute atomic E-state index is 3.17. The fourth-order valence-corrected chi connectivity index (χ4v) is 1.12. The van der Waals surface area contributed by atoms with Crippen LogP contribution in [0.3, 0.4) is 0 Å². The lowest BCUT2D eigenvalue weighted by Crippen LogP contribution is -2.48. The van der Waals surface area contributed by atoms with E-state index in [1.165, 1.54) is 0 Å². The molecule has 0 radical (unpaired) electrons. The van der Waals surface area contributed by atoms with Crippen molar-refractivity contribution in [1.29, 1.82) is 0 Å². The average Bonchev–Trinajstić information content (AvgIpc) is 1.30. The van der Waals surface area contributed by atoms with E-state index >= 15 is 0 Å². The van der Waals surface area contributed by atoms with Gasteiger partial charge >= 0.3 is 0 Å². The van der Waals surface area contributed by atoms with Gasteiger partial charge < -0.3 is 0 Å². The first kappa shape index (κ1) is 7.14. The summed E-state index contributed by atoms with van der Waals surface area (Å²) in [5, 5.41) is 3.17. The van der Waals surface area contributed by atoms with Crippen LogP contribution in [0.4, 0.5) is 0 Å². The molecule has 0 aromatic carbocycles. The number of rotatable bonds is 2. The molecular formula is C4H14N2Si. The van der Waals surface area contributed by atoms with Crippen molar-refractivity contribution in [3.63, 3.8) is 0 Å². The van der Waals surface area contributed by atoms with Crippen molar-refractivity contribution in [2.24, 2.45) is 0 Å². The minimum absolute atomic E-state index is 1.02. The molecule has 0 spiro atoms. The first-order valence-corrected chi connectivity index (χ1v) is 6.00. The summed E-state index contributed by atoms with van der Waals surface area (Å²) in [6, 6.07) is 0. The molecule has 7 heavy (non-hydrogen) atoms. The molecule has 44 valence electrons. The zero-order chi connectivity index (χ0) is 5.91. The van der Waals surface area contributed by atoms with Crippen LogP contribution in [0.25, 0.3) is 0 Å². The van der Waals surface area contributed by atoms with Crippen LogP contribution < -0.4 is 10.5 Å². The molecule has 0 heterocycles. The molecule has 0 fully saturated rings. The third-order valence-electron chi connectivity index (χ3n) is 0.500. The van der Waals surface area contributed by atoms with Gasteiger partial charge in [0.15, 0.2) is 0 Å². The molecular weight excluding hydrogens is 104 g/mol. The Morgan fingerprint density at radius 3 is 1.57 bits per heavy atom. The van der Waals surface area contributed by atoms with E-state index in [-0.39, 0.29) is 0 Å². The molecule has 0 atom stereocenters. The molecule has 3 heteroatoms. The first-order chi connectivity index (χ1) is 3.06. The highest BCUT2D eigenvalue weighted by Gasteiger charge is 2.08. The Balaban J connectivity index is 3.15. The minimum Gasteiger partial charge on any atom is -0.280 e. The molecule has 0 saturated heterocycles. The standard InChI is InChI=1S/C4H14N2Si/c1-5-6-7(2,3)4/h5-6H,1-4H3. The van der Waals surface area contributed by atoms with Crippen molar-refractivity contribution >= 4 is 8.24 Å². The zero-order valence-electron chi connectivity index (χ0n) is 5.50. The third-order valence-corrected chi connectivity index (χ3v) is 1.50. The number of hydrogen-bond donors (Lipinski definition) is 2. The van der Waals surface area contributed by atoms with Crippen LogP contribution in [0.5, 0.6) is 0 Å². The van der Waals surface area contributed by atoms with Crippen molar-refractivity contribution in [2.75, 3.05) is 7.05 Å². The van der Waals surface area contributed by atoms with E-state index in [9.17, 15) is 0 Å². The average molecular weight is 118 g/mol. The van der Waals surface area contributed by atoms with E-state index in [1.807, 2.05) is 7.05 Å². The molecule has 0 aromatic rings. The highest BCUT2D eigenvalue weighted by molar-refractivity contribution is 6.73. The number of hydrogen-bond acceptors (Lipinski definition) is 2. The Hall–Kier alpha value is 0.137. The number of hydrazine groups is 1. The molecule has 0 saturated carbocycles. The van der Waals surface area contributed by atoms with E-state index in [2.05, 4.69) is 30.2 Å². The zero-order valence-corrected chi connectivity index (χ0v) is 6.50. The lowest BCUT2D eigenvalue weighted by molar-refractivity contribution is 0.770. The Bertz CT molecular complexity index is 48.1. The molecule has 2 nitrogen and oxygen atoms in total. The van der Waals surface area contributed by atoms with Crippen LogP contribution in [-0.2, 0) is 0 Å². The molecule has 0 aromatic heterocycles. The predicted octanol–water partition coefficient (Wildman–Crippen LogP) is 0.545. The molecule has 0 bridgehead atoms. The van der Waals surface area contributed by atoms with Gasteiger partial charge in [-0.25, -0.2) is 0 Å². The molecule has 2 N–H and O–H groups in total. The van der Waals surface area contributed by atoms with E-state index < -0.39 is 8.24 Å². The summed E-state index contributed by atoms with van der Waals surface area (Å²) in [5.41, 5.74) is 2.92. The second-order valence-corrected chi connectivity index (χ2v) is 7.38. The third kappa shape index (κ3) is 6.14. The maximum atomic E-state index is 3.17. The highest BCUT2D eigenvalue weighted by Crippen LogP contribution is 1.89. The van der Waals surface area contributed by atoms with Crippen molar-refractivity contribution in [1.82, 2.24) is 10.5 Å². The topological polar surface area (TPSA) is 24.1 Å². The van der Waals surface area contributed by atoms with Gasteiger partial charge in [-0.2, -0.15) is 0 Å². The normalized spacial score (nSPS) is 12.0. The lowest BCUT2D eigenvalue weighted by atomic mass is 11.5. The van der Waals surface area contributed by atoms with Gasteiger partial charge in [0.2, 0.25) is 0 Å². The predicted molar refractivity (Wildman–Crippen MR) is 35.5 cm³/mol. The Morgan fingerprint density at radius 2 is 1.57 bits per heavy atom. The van der Waals surface area contributed by atoms with Gasteiger partial charge in [-0.3, -0.25) is 10.5 Å². The maximum Gasteiger partial charge on any atom is 0.132 e. The van der Waals surface area contributed by atoms with Gasteiger partial charge in [0.05, 0.1) is 0 Å². The van der Waals surface area contributed by atoms with Gasteiger partial charge in [0, 0.05) is 0 Å². The lowest BCUT2D eigenvalue weighted by Gasteiger charge is -2.15. The fraction of sp³-hybridized carbons (Fsp3) is 1.00. The van der Waals surface area contributed by atoms with Crippen LogP contribution >= 0.6 is 0 Å². The van der Waals surface area contributed by atoms with E-state index in [4.69, 9.17) is 0 Å². The Labute approximate surface area is 46.4 Å². The molecule has 0 rings (SSSR count). The Morgan fingerprint density at radius 1 is 1.14 bits per heavy atom. The van der Waals surface area contributed by atoms with Crippen LogP contribution in [0.1, 0.15) is 0 Å². The molecule has 0 aliphatic rings. The summed E-state index contributed by atoms with van der Waals surface area (Å²) in [5.74, 6) is 0. The fourth-order valence-electron chi connectivity index (χ4n) is 0.375. The first-order valence-electron chi connectivity index (χ1n) is 2.50. The van der Waals surface area contributed by atoms with Crippen LogP contribution in [0.2, 0.25) is 19.6 Å². The summed E-state index contributed by atoms with van der Waals surface area (Å²) in [6.45, 7) is 6.72. The van der Waals surface area contributed by atoms with Crippen LogP contribution in [-0.4, -0.2) is 15.3 Å². The molecule has 0 aliphatic carbocycles. The smallest absolute Gasteiger partial charge is 0.132 e. The van der Waals surface area contributed by atoms with Crippen molar-refractivity contribution in [2.45, 2.75) is 19.6 Å². The van der Waals surface area contributed by atoms with Crippen molar-refractivity contribution < 1.29 is 0 Å². The summed E-state index contributed by atoms with van der Waals surface area (Å²) in [6.07, 6.45) is 0. The summed E-state index contributed by atoms with van der Waals surface area (Å²) < 4.78 is 0. The molecule has 0 unspecified atom stereocenters. The summed E-state index contributed by atoms with van der Waals surface area (Å²) in [4.78, 5) is 0. The van der Waals surface area contributed by atoms with Gasteiger partial charge in [-0.15, -0.1) is 0 Å². The van der Waals surface area contributed by atoms with Crippen LogP contribution in [0.15, 0.2) is 0 Å². The Kier molecular flexibility index (Phi) is 2.49. The number of nitrogens with one attached hydrogen (secondary N) is 2. The minimum atomic E-state index is -1.02. The van der Waals surface area contributed by atoms with Gasteiger partial charge in [0.1, 0.15) is 8.24 Å². The van der Waals surface area contributed by atoms with Crippen LogP contribution in [0, 0.1) is 0 Å². The van der Waals surface area contributed by atoms with E-state index in [0.29, 0.717) is 0 Å². The van der Waals surface area contributed by atoms with Crippen molar-refractivity contribution in [3.8, 4) is 0 Å². The molecule has 0 aliphatic heterocycles. The van der Waals surface area contributed by atoms with Gasteiger partial charge in [0.25, 0.3) is 0 Å². The quantitative estimate of drug-likeness (QED) is 0.408. The monoisotopic (exact) mass is 118 g/mol. The van der Waals surface area contributed by atoms with E-state index in [0.717, 1.165) is 0 Å². The van der Waals surface area contributed by atoms with E-state index in [1.54, 1.807) is 0 Å². The molecule has 0 amide bonds. The van der Waals surface area contributed by atoms with Crippen molar-refractivity contribution in [3.05, 3.63) is 0 Å².